The van der Waals surface area contributed by atoms with E-state index < -0.39 is 27.0 Å². The molecule has 0 heterocycles. The number of benzene rings is 2. The lowest BCUT2D eigenvalue weighted by Crippen LogP contribution is -2.45. The number of nitrogens with one attached hydrogen (secondary N) is 2. The third-order valence-electron chi connectivity index (χ3n) is 4.77. The Bertz CT molecular complexity index is 908. The number of halogens is 1. The zero-order valence-corrected chi connectivity index (χ0v) is 15.3. The van der Waals surface area contributed by atoms with Gasteiger partial charge in [-0.2, -0.15) is 0 Å². The maximum atomic E-state index is 14.3. The lowest BCUT2D eigenvalue weighted by atomic mass is 9.96. The van der Waals surface area contributed by atoms with Crippen LogP contribution in [-0.2, 0) is 10.0 Å². The molecule has 0 bridgehead atoms. The van der Waals surface area contributed by atoms with Crippen LogP contribution in [0.1, 0.15) is 41.6 Å². The van der Waals surface area contributed by atoms with Crippen molar-refractivity contribution in [2.45, 2.75) is 37.9 Å². The summed E-state index contributed by atoms with van der Waals surface area (Å²) in [4.78, 5) is 14.6. The molecule has 2 aromatic carbocycles. The number of hydrogen-bond acceptors (Lipinski definition) is 3. The number of sulfonamides is 1. The fourth-order valence-corrected chi connectivity index (χ4v) is 4.71. The van der Waals surface area contributed by atoms with Gasteiger partial charge in [-0.3, -0.25) is 10.2 Å². The summed E-state index contributed by atoms with van der Waals surface area (Å²) in [6.45, 7) is 1.64. The zero-order chi connectivity index (χ0) is 18.7. The molecule has 1 amide bonds. The van der Waals surface area contributed by atoms with Gasteiger partial charge in [0.25, 0.3) is 5.91 Å². The third-order valence-corrected chi connectivity index (χ3v) is 6.51. The molecule has 0 aromatic heterocycles. The van der Waals surface area contributed by atoms with Crippen LogP contribution in [0.25, 0.3) is 11.1 Å². The Kier molecular flexibility index (Phi) is 5.38. The lowest BCUT2D eigenvalue weighted by Gasteiger charge is -2.15. The van der Waals surface area contributed by atoms with Crippen molar-refractivity contribution in [3.8, 4) is 11.1 Å². The second-order valence-electron chi connectivity index (χ2n) is 6.47. The van der Waals surface area contributed by atoms with E-state index in [-0.39, 0.29) is 5.56 Å². The highest BCUT2D eigenvalue weighted by Gasteiger charge is 2.29. The SMILES string of the molecule is Cc1c(-c2ccccc2)ccc(F)c1C(=O)NNS(=O)(=O)C1CCCC1. The highest BCUT2D eigenvalue weighted by atomic mass is 32.2. The first-order valence-electron chi connectivity index (χ1n) is 8.55. The quantitative estimate of drug-likeness (QED) is 0.786. The molecule has 26 heavy (non-hydrogen) atoms. The first-order chi connectivity index (χ1) is 12.4. The number of rotatable bonds is 5. The van der Waals surface area contributed by atoms with Gasteiger partial charge in [0.05, 0.1) is 10.8 Å². The van der Waals surface area contributed by atoms with Crippen molar-refractivity contribution in [1.82, 2.24) is 10.3 Å². The van der Waals surface area contributed by atoms with Crippen LogP contribution >= 0.6 is 0 Å². The normalized spacial score (nSPS) is 15.2. The highest BCUT2D eigenvalue weighted by molar-refractivity contribution is 7.90. The molecule has 0 aliphatic heterocycles. The summed E-state index contributed by atoms with van der Waals surface area (Å²) in [5.41, 5.74) is 4.02. The fraction of sp³-hybridized carbons (Fsp3) is 0.316. The van der Waals surface area contributed by atoms with Gasteiger partial charge in [-0.25, -0.2) is 12.8 Å². The Balaban J connectivity index is 1.83. The Labute approximate surface area is 152 Å². The summed E-state index contributed by atoms with van der Waals surface area (Å²) in [6, 6.07) is 12.1. The smallest absolute Gasteiger partial charge is 0.269 e. The van der Waals surface area contributed by atoms with E-state index in [2.05, 4.69) is 10.3 Å². The van der Waals surface area contributed by atoms with Gasteiger partial charge >= 0.3 is 0 Å². The second kappa shape index (κ2) is 7.55. The van der Waals surface area contributed by atoms with Crippen molar-refractivity contribution < 1.29 is 17.6 Å². The van der Waals surface area contributed by atoms with Gasteiger partial charge in [-0.15, -0.1) is 4.83 Å². The molecule has 0 atom stereocenters. The molecule has 138 valence electrons. The van der Waals surface area contributed by atoms with Crippen molar-refractivity contribution in [1.29, 1.82) is 0 Å². The Morgan fingerprint density at radius 2 is 1.73 bits per heavy atom. The van der Waals surface area contributed by atoms with Gasteiger partial charge in [-0.1, -0.05) is 49.2 Å². The van der Waals surface area contributed by atoms with E-state index in [4.69, 9.17) is 0 Å². The number of carbonyl (C=O) groups is 1. The van der Waals surface area contributed by atoms with Crippen LogP contribution in [-0.4, -0.2) is 19.6 Å². The van der Waals surface area contributed by atoms with E-state index in [0.717, 1.165) is 24.0 Å². The first kappa shape index (κ1) is 18.5. The van der Waals surface area contributed by atoms with Crippen LogP contribution in [0.4, 0.5) is 4.39 Å². The second-order valence-corrected chi connectivity index (χ2v) is 8.43. The van der Waals surface area contributed by atoms with E-state index >= 15 is 0 Å². The van der Waals surface area contributed by atoms with Gasteiger partial charge in [0.1, 0.15) is 5.82 Å². The standard InChI is InChI=1S/C19H21FN2O3S/c1-13-16(14-7-3-2-4-8-14)11-12-17(20)18(13)19(23)21-22-26(24,25)15-9-5-6-10-15/h2-4,7-8,11-12,15,22H,5-6,9-10H2,1H3,(H,21,23). The van der Waals surface area contributed by atoms with Gasteiger partial charge in [0.2, 0.25) is 10.0 Å². The minimum atomic E-state index is -3.66. The largest absolute Gasteiger partial charge is 0.274 e. The first-order valence-corrected chi connectivity index (χ1v) is 10.1. The average molecular weight is 376 g/mol. The maximum Gasteiger partial charge on any atom is 0.269 e. The number of hydrogen-bond donors (Lipinski definition) is 2. The van der Waals surface area contributed by atoms with Crippen LogP contribution < -0.4 is 10.3 Å². The Morgan fingerprint density at radius 1 is 1.08 bits per heavy atom. The molecule has 2 N–H and O–H groups in total. The molecule has 1 aliphatic carbocycles. The number of amides is 1. The van der Waals surface area contributed by atoms with Crippen LogP contribution in [0.15, 0.2) is 42.5 Å². The molecule has 0 spiro atoms. The molecule has 1 fully saturated rings. The van der Waals surface area contributed by atoms with Gasteiger partial charge < -0.3 is 0 Å². The van der Waals surface area contributed by atoms with E-state index in [1.807, 2.05) is 30.3 Å². The summed E-state index contributed by atoms with van der Waals surface area (Å²) in [5, 5.41) is -0.510. The number of carbonyl (C=O) groups excluding carboxylic acids is 1. The summed E-state index contributed by atoms with van der Waals surface area (Å²) in [5.74, 6) is -1.50. The molecule has 1 aliphatic rings. The average Bonchev–Trinajstić information content (AvgIpc) is 3.17. The molecule has 0 saturated heterocycles. The van der Waals surface area contributed by atoms with Crippen molar-refractivity contribution in [2.75, 3.05) is 0 Å². The van der Waals surface area contributed by atoms with Crippen molar-refractivity contribution in [3.63, 3.8) is 0 Å². The molecular weight excluding hydrogens is 355 g/mol. The van der Waals surface area contributed by atoms with Crippen molar-refractivity contribution in [2.24, 2.45) is 0 Å². The van der Waals surface area contributed by atoms with Crippen LogP contribution in [0.5, 0.6) is 0 Å². The summed E-state index contributed by atoms with van der Waals surface area (Å²) in [6.07, 6.45) is 2.85. The van der Waals surface area contributed by atoms with Gasteiger partial charge in [-0.05, 0) is 42.5 Å². The molecule has 3 rings (SSSR count). The molecule has 0 unspecified atom stereocenters. The Hall–Kier alpha value is -2.25. The van der Waals surface area contributed by atoms with Crippen LogP contribution in [0, 0.1) is 12.7 Å². The Morgan fingerprint density at radius 3 is 2.38 bits per heavy atom. The van der Waals surface area contributed by atoms with E-state index in [1.165, 1.54) is 6.07 Å². The molecule has 5 nitrogen and oxygen atoms in total. The van der Waals surface area contributed by atoms with Crippen molar-refractivity contribution >= 4 is 15.9 Å². The summed E-state index contributed by atoms with van der Waals surface area (Å²) in [7, 11) is -3.66. The minimum absolute atomic E-state index is 0.166. The lowest BCUT2D eigenvalue weighted by molar-refractivity contribution is 0.0940. The zero-order valence-electron chi connectivity index (χ0n) is 14.5. The van der Waals surface area contributed by atoms with Crippen molar-refractivity contribution in [3.05, 3.63) is 59.4 Å². The van der Waals surface area contributed by atoms with E-state index in [1.54, 1.807) is 13.0 Å². The monoisotopic (exact) mass is 376 g/mol. The number of hydrazine groups is 1. The van der Waals surface area contributed by atoms with Gasteiger partial charge in [0, 0.05) is 0 Å². The summed E-state index contributed by atoms with van der Waals surface area (Å²) < 4.78 is 38.7. The topological polar surface area (TPSA) is 75.3 Å². The van der Waals surface area contributed by atoms with Gasteiger partial charge in [0.15, 0.2) is 0 Å². The van der Waals surface area contributed by atoms with E-state index in [9.17, 15) is 17.6 Å². The molecule has 7 heteroatoms. The van der Waals surface area contributed by atoms with Crippen LogP contribution in [0.3, 0.4) is 0 Å². The maximum absolute atomic E-state index is 14.3. The predicted molar refractivity (Wildman–Crippen MR) is 98.4 cm³/mol. The minimum Gasteiger partial charge on any atom is -0.274 e. The summed E-state index contributed by atoms with van der Waals surface area (Å²) >= 11 is 0. The highest BCUT2D eigenvalue weighted by Crippen LogP contribution is 2.27. The van der Waals surface area contributed by atoms with E-state index in [0.29, 0.717) is 18.4 Å². The fourth-order valence-electron chi connectivity index (χ4n) is 3.35. The molecule has 0 radical (unpaired) electrons. The molecular formula is C19H21FN2O3S. The van der Waals surface area contributed by atoms with Crippen LogP contribution in [0.2, 0.25) is 0 Å². The molecule has 1 saturated carbocycles. The molecule has 2 aromatic rings. The third kappa shape index (κ3) is 3.78. The predicted octanol–water partition coefficient (Wildman–Crippen LogP) is 3.31.